The maximum Gasteiger partial charge on any atom is 0.210 e. The van der Waals surface area contributed by atoms with Crippen molar-refractivity contribution in [2.45, 2.75) is 188 Å². The number of fused-ring (bicyclic) bond motifs is 7. The predicted molar refractivity (Wildman–Crippen MR) is 360 cm³/mol. The molecule has 7 aromatic carbocycles. The van der Waals surface area contributed by atoms with Gasteiger partial charge in [0.1, 0.15) is 0 Å². The predicted octanol–water partition coefficient (Wildman–Crippen LogP) is 21.9. The van der Waals surface area contributed by atoms with Crippen molar-refractivity contribution in [2.24, 2.45) is 5.92 Å². The molecule has 1 aromatic heterocycles. The Bertz CT molecular complexity index is 3450. The van der Waals surface area contributed by atoms with Crippen LogP contribution in [0.1, 0.15) is 209 Å². The number of thiophene rings is 1. The van der Waals surface area contributed by atoms with Gasteiger partial charge in [0.15, 0.2) is 0 Å². The van der Waals surface area contributed by atoms with Crippen molar-refractivity contribution in [2.75, 3.05) is 0 Å². The molecule has 0 radical (unpaired) electrons. The number of benzene rings is 7. The van der Waals surface area contributed by atoms with E-state index in [1.807, 2.05) is 11.3 Å². The largest absolute Gasteiger partial charge is 0.210 e. The van der Waals surface area contributed by atoms with E-state index in [2.05, 4.69) is 220 Å². The summed E-state index contributed by atoms with van der Waals surface area (Å²) < 4.78 is 0. The van der Waals surface area contributed by atoms with Gasteiger partial charge in [-0.2, -0.15) is 0 Å². The first-order valence-electron chi connectivity index (χ1n) is 32.2. The van der Waals surface area contributed by atoms with Crippen LogP contribution in [0.2, 0.25) is 6.32 Å². The molecule has 3 aliphatic rings. The summed E-state index contributed by atoms with van der Waals surface area (Å²) >= 11 is 2.01. The second-order valence-corrected chi connectivity index (χ2v) is 26.7. The van der Waals surface area contributed by atoms with Crippen molar-refractivity contribution >= 4 is 34.5 Å². The molecule has 0 saturated heterocycles. The summed E-state index contributed by atoms with van der Waals surface area (Å²) in [6.45, 7) is 23.3. The van der Waals surface area contributed by atoms with Crippen LogP contribution in [0.3, 0.4) is 0 Å². The van der Waals surface area contributed by atoms with Crippen LogP contribution in [0.5, 0.6) is 0 Å². The van der Waals surface area contributed by atoms with Crippen molar-refractivity contribution in [3.05, 3.63) is 242 Å². The lowest BCUT2D eigenvalue weighted by Crippen LogP contribution is -2.37. The van der Waals surface area contributed by atoms with Gasteiger partial charge in [0.05, 0.1) is 10.8 Å². The first-order valence-corrected chi connectivity index (χ1v) is 33.1. The van der Waals surface area contributed by atoms with Crippen LogP contribution in [0.15, 0.2) is 170 Å². The quantitative estimate of drug-likeness (QED) is 0.0374. The fourth-order valence-corrected chi connectivity index (χ4v) is 16.4. The summed E-state index contributed by atoms with van der Waals surface area (Å²) in [5.74, 6) is 0.260. The van der Waals surface area contributed by atoms with E-state index in [-0.39, 0.29) is 5.92 Å². The first-order chi connectivity index (χ1) is 40.0. The Morgan fingerprint density at radius 1 is 0.415 bits per heavy atom. The average molecular weight is 1100 g/mol. The molecule has 0 amide bonds. The van der Waals surface area contributed by atoms with Gasteiger partial charge in [-0.25, -0.2) is 0 Å². The standard InChI is InChI=1S/C80H91BS/c1-10-12-13-14-15-16-17-18-19-20-21-22-23-24-25-26-27-28-49-81-74-50-60(9)37-47-66(74)67-48-38-61(51-75(67)81)76-54-73-78(82-76)69-53-71-68(52-72(69)80(73,64-43-33-58(7)34-44-64)65-45-35-59(8)36-46-65)77(55(3)4)70(11-2)79(71,62-39-29-56(5)30-40-62)63-41-31-57(6)32-42-63/h11,29-48,50-55H,2,10,12-28,49H2,1,3-9H3. The lowest BCUT2D eigenvalue weighted by molar-refractivity contribution is 0.526. The number of rotatable bonds is 26. The Balaban J connectivity index is 0.939. The Kier molecular flexibility index (Phi) is 17.8. The number of hydrogen-bond acceptors (Lipinski definition) is 1. The molecule has 420 valence electrons. The van der Waals surface area contributed by atoms with E-state index in [1.165, 1.54) is 248 Å². The highest BCUT2D eigenvalue weighted by atomic mass is 32.1. The minimum Gasteiger partial charge on any atom is -0.135 e. The topological polar surface area (TPSA) is 0 Å². The number of unbranched alkanes of at least 4 members (excludes halogenated alkanes) is 17. The maximum atomic E-state index is 4.68. The van der Waals surface area contributed by atoms with Crippen LogP contribution in [-0.4, -0.2) is 6.71 Å². The van der Waals surface area contributed by atoms with E-state index in [4.69, 9.17) is 0 Å². The van der Waals surface area contributed by atoms with Gasteiger partial charge in [-0.15, -0.1) is 11.3 Å². The van der Waals surface area contributed by atoms with Gasteiger partial charge in [0, 0.05) is 9.75 Å². The third kappa shape index (κ3) is 10.9. The van der Waals surface area contributed by atoms with Gasteiger partial charge >= 0.3 is 0 Å². The zero-order valence-corrected chi connectivity index (χ0v) is 52.0. The van der Waals surface area contributed by atoms with Gasteiger partial charge < -0.3 is 0 Å². The van der Waals surface area contributed by atoms with E-state index in [0.29, 0.717) is 6.71 Å². The van der Waals surface area contributed by atoms with Crippen LogP contribution in [-0.2, 0) is 10.8 Å². The molecule has 0 fully saturated rings. The zero-order valence-electron chi connectivity index (χ0n) is 51.2. The molecule has 11 rings (SSSR count). The van der Waals surface area contributed by atoms with E-state index in [0.717, 1.165) is 0 Å². The van der Waals surface area contributed by atoms with Crippen LogP contribution in [0, 0.1) is 40.5 Å². The fraction of sp³-hybridized carbons (Fsp3) is 0.375. The molecule has 0 bridgehead atoms. The van der Waals surface area contributed by atoms with Gasteiger partial charge in [-0.1, -0.05) is 328 Å². The summed E-state index contributed by atoms with van der Waals surface area (Å²) in [7, 11) is 0. The Labute approximate surface area is 499 Å². The normalized spacial score (nSPS) is 14.3. The highest BCUT2D eigenvalue weighted by Crippen LogP contribution is 2.64. The highest BCUT2D eigenvalue weighted by molar-refractivity contribution is 7.19. The number of hydrogen-bond donors (Lipinski definition) is 0. The fourth-order valence-electron chi connectivity index (χ4n) is 15.2. The molecule has 8 aromatic rings. The third-order valence-corrected chi connectivity index (χ3v) is 20.7. The van der Waals surface area contributed by atoms with Crippen LogP contribution in [0.25, 0.3) is 37.6 Å². The smallest absolute Gasteiger partial charge is 0.135 e. The van der Waals surface area contributed by atoms with Crippen molar-refractivity contribution in [1.82, 2.24) is 0 Å². The lowest BCUT2D eigenvalue weighted by Gasteiger charge is -2.36. The molecular weight excluding hydrogens is 1000 g/mol. The minimum absolute atomic E-state index is 0.260. The third-order valence-electron chi connectivity index (χ3n) is 19.5. The zero-order chi connectivity index (χ0) is 57.0. The summed E-state index contributed by atoms with van der Waals surface area (Å²) in [6.07, 6.45) is 28.7. The van der Waals surface area contributed by atoms with E-state index in [9.17, 15) is 0 Å². The van der Waals surface area contributed by atoms with Gasteiger partial charge in [-0.05, 0) is 137 Å². The van der Waals surface area contributed by atoms with Crippen LogP contribution in [0.4, 0.5) is 0 Å². The summed E-state index contributed by atoms with van der Waals surface area (Å²) in [5, 5.41) is 0. The Morgan fingerprint density at radius 2 is 0.817 bits per heavy atom. The average Bonchev–Trinajstić information content (AvgIpc) is 1.62. The van der Waals surface area contributed by atoms with E-state index in [1.54, 1.807) is 0 Å². The Hall–Kier alpha value is -6.22. The van der Waals surface area contributed by atoms with Gasteiger partial charge in [0.25, 0.3) is 0 Å². The monoisotopic (exact) mass is 1090 g/mol. The Morgan fingerprint density at radius 3 is 1.28 bits per heavy atom. The maximum absolute atomic E-state index is 4.68. The minimum atomic E-state index is -0.555. The summed E-state index contributed by atoms with van der Waals surface area (Å²) in [6, 6.07) is 60.5. The van der Waals surface area contributed by atoms with Crippen LogP contribution < -0.4 is 10.9 Å². The molecule has 0 atom stereocenters. The number of allylic oxidation sites excluding steroid dienone is 3. The second-order valence-electron chi connectivity index (χ2n) is 25.7. The molecule has 0 saturated carbocycles. The number of aryl methyl sites for hydroxylation is 5. The molecule has 1 aliphatic heterocycles. The molecule has 2 heterocycles. The van der Waals surface area contributed by atoms with Crippen molar-refractivity contribution in [3.8, 4) is 32.0 Å². The van der Waals surface area contributed by atoms with Crippen molar-refractivity contribution in [3.63, 3.8) is 0 Å². The van der Waals surface area contributed by atoms with Crippen LogP contribution >= 0.6 is 11.3 Å². The molecule has 0 unspecified atom stereocenters. The van der Waals surface area contributed by atoms with E-state index >= 15 is 0 Å². The lowest BCUT2D eigenvalue weighted by atomic mass is 9.40. The summed E-state index contributed by atoms with van der Waals surface area (Å²) in [5.41, 5.74) is 27.3. The summed E-state index contributed by atoms with van der Waals surface area (Å²) in [4.78, 5) is 2.72. The van der Waals surface area contributed by atoms with Crippen molar-refractivity contribution < 1.29 is 0 Å². The van der Waals surface area contributed by atoms with Crippen molar-refractivity contribution in [1.29, 1.82) is 0 Å². The molecule has 0 spiro atoms. The first kappa shape index (κ1) is 57.6. The SMILES string of the molecule is C=CC1=C(C(C)C)c2cc3c(cc2C1(c1ccc(C)cc1)c1ccc(C)cc1)-c1sc(-c2ccc4c(c2)B(CCCCCCCCCCCCCCCCCCCC)c2cc(C)ccc2-4)cc1C3(c1ccc(C)cc1)c1ccc(C)cc1. The highest BCUT2D eigenvalue weighted by Gasteiger charge is 2.53. The van der Waals surface area contributed by atoms with E-state index < -0.39 is 10.8 Å². The van der Waals surface area contributed by atoms with Gasteiger partial charge in [-0.3, -0.25) is 0 Å². The molecule has 2 heteroatoms. The van der Waals surface area contributed by atoms with Gasteiger partial charge in [0.2, 0.25) is 6.71 Å². The molecule has 2 aliphatic carbocycles. The molecule has 0 N–H and O–H groups in total. The molecular formula is C80H91BS. The second kappa shape index (κ2) is 25.3. The molecule has 0 nitrogen and oxygen atoms in total. The molecule has 82 heavy (non-hydrogen) atoms.